The molecular weight excluding hydrogens is 268 g/mol. The van der Waals surface area contributed by atoms with Gasteiger partial charge in [0.15, 0.2) is 11.6 Å². The van der Waals surface area contributed by atoms with Crippen LogP contribution in [0.5, 0.6) is 0 Å². The molecule has 1 aromatic carbocycles. The molecule has 1 aromatic heterocycles. The Hall–Kier alpha value is -2.89. The minimum atomic E-state index is 0.419. The summed E-state index contributed by atoms with van der Waals surface area (Å²) in [6.45, 7) is 2.03. The van der Waals surface area contributed by atoms with Gasteiger partial charge in [0.1, 0.15) is 0 Å². The number of hydroxylamine groups is 1. The predicted octanol–water partition coefficient (Wildman–Crippen LogP) is 2.76. The van der Waals surface area contributed by atoms with Crippen LogP contribution in [0.15, 0.2) is 69.7 Å². The Balaban J connectivity index is 1.73. The molecule has 0 saturated heterocycles. The van der Waals surface area contributed by atoms with E-state index in [1.807, 2.05) is 37.3 Å². The molecule has 0 fully saturated rings. The van der Waals surface area contributed by atoms with E-state index in [1.165, 1.54) is 0 Å². The van der Waals surface area contributed by atoms with E-state index in [-0.39, 0.29) is 0 Å². The number of para-hydroxylation sites is 1. The van der Waals surface area contributed by atoms with Crippen LogP contribution in [0.3, 0.4) is 0 Å². The third kappa shape index (κ3) is 3.00. The van der Waals surface area contributed by atoms with Gasteiger partial charge < -0.3 is 20.1 Å². The van der Waals surface area contributed by atoms with E-state index in [1.54, 1.807) is 18.4 Å². The van der Waals surface area contributed by atoms with Gasteiger partial charge in [-0.2, -0.15) is 10.5 Å². The number of anilines is 1. The molecular formula is C15H16N4O2. The second-order valence-electron chi connectivity index (χ2n) is 4.40. The van der Waals surface area contributed by atoms with Crippen LogP contribution in [-0.2, 0) is 4.84 Å². The number of benzene rings is 1. The molecule has 0 bridgehead atoms. The number of rotatable bonds is 5. The summed E-state index contributed by atoms with van der Waals surface area (Å²) in [6.07, 6.45) is 2.35. The van der Waals surface area contributed by atoms with Gasteiger partial charge in [-0.1, -0.05) is 25.1 Å². The van der Waals surface area contributed by atoms with Gasteiger partial charge in [0.25, 0.3) is 5.90 Å². The lowest BCUT2D eigenvalue weighted by molar-refractivity contribution is 0.231. The van der Waals surface area contributed by atoms with Gasteiger partial charge in [0.05, 0.1) is 17.6 Å². The highest BCUT2D eigenvalue weighted by Crippen LogP contribution is 2.15. The van der Waals surface area contributed by atoms with Crippen LogP contribution >= 0.6 is 0 Å². The fraction of sp³-hybridized carbons (Fsp3) is 0.133. The van der Waals surface area contributed by atoms with Crippen molar-refractivity contribution in [3.63, 3.8) is 0 Å². The van der Waals surface area contributed by atoms with Crippen LogP contribution in [0.2, 0.25) is 0 Å². The van der Waals surface area contributed by atoms with Crippen LogP contribution in [0.1, 0.15) is 19.1 Å². The molecule has 2 heterocycles. The minimum Gasteiger partial charge on any atom is -0.459 e. The largest absolute Gasteiger partial charge is 0.459 e. The van der Waals surface area contributed by atoms with E-state index in [9.17, 15) is 0 Å². The smallest absolute Gasteiger partial charge is 0.290 e. The Morgan fingerprint density at radius 3 is 2.76 bits per heavy atom. The highest BCUT2D eigenvalue weighted by Gasteiger charge is 2.19. The first-order valence-corrected chi connectivity index (χ1v) is 6.72. The molecule has 0 spiro atoms. The van der Waals surface area contributed by atoms with Crippen molar-refractivity contribution in [1.29, 1.82) is 0 Å². The predicted molar refractivity (Wildman–Crippen MR) is 80.0 cm³/mol. The van der Waals surface area contributed by atoms with Crippen LogP contribution in [0.4, 0.5) is 5.69 Å². The van der Waals surface area contributed by atoms with Crippen molar-refractivity contribution in [1.82, 2.24) is 10.9 Å². The van der Waals surface area contributed by atoms with Gasteiger partial charge in [-0.3, -0.25) is 0 Å². The van der Waals surface area contributed by atoms with Crippen molar-refractivity contribution in [2.24, 2.45) is 4.99 Å². The maximum atomic E-state index is 5.33. The Morgan fingerprint density at radius 2 is 2.05 bits per heavy atom. The lowest BCUT2D eigenvalue weighted by Gasteiger charge is -2.12. The molecule has 21 heavy (non-hydrogen) atoms. The number of allylic oxidation sites excluding steroid dienone is 1. The summed E-state index contributed by atoms with van der Waals surface area (Å²) in [6, 6.07) is 13.4. The Morgan fingerprint density at radius 1 is 1.19 bits per heavy atom. The molecule has 0 radical (unpaired) electrons. The zero-order valence-electron chi connectivity index (χ0n) is 11.6. The fourth-order valence-electron chi connectivity index (χ4n) is 1.86. The highest BCUT2D eigenvalue weighted by molar-refractivity contribution is 5.92. The topological polar surface area (TPSA) is 70.8 Å². The summed E-state index contributed by atoms with van der Waals surface area (Å²) in [7, 11) is 0. The number of furan rings is 1. The third-order valence-corrected chi connectivity index (χ3v) is 2.96. The molecule has 0 amide bonds. The van der Waals surface area contributed by atoms with E-state index in [4.69, 9.17) is 9.25 Å². The molecule has 0 saturated carbocycles. The van der Waals surface area contributed by atoms with E-state index >= 15 is 0 Å². The SMILES string of the molecule is CC/C(NNc1ccccc1)=C1\N=C(c2ccco2)ON1. The number of hydrogen-bond acceptors (Lipinski definition) is 6. The molecule has 108 valence electrons. The fourth-order valence-corrected chi connectivity index (χ4v) is 1.86. The second kappa shape index (κ2) is 6.04. The maximum Gasteiger partial charge on any atom is 0.290 e. The van der Waals surface area contributed by atoms with Crippen molar-refractivity contribution in [3.8, 4) is 0 Å². The summed E-state index contributed by atoms with van der Waals surface area (Å²) in [5, 5.41) is 0. The van der Waals surface area contributed by atoms with Crippen molar-refractivity contribution >= 4 is 11.6 Å². The van der Waals surface area contributed by atoms with Gasteiger partial charge in [0, 0.05) is 0 Å². The summed E-state index contributed by atoms with van der Waals surface area (Å²) in [4.78, 5) is 9.71. The highest BCUT2D eigenvalue weighted by atomic mass is 16.7. The first-order chi connectivity index (χ1) is 10.4. The van der Waals surface area contributed by atoms with Crippen LogP contribution < -0.4 is 16.3 Å². The summed E-state index contributed by atoms with van der Waals surface area (Å²) >= 11 is 0. The summed E-state index contributed by atoms with van der Waals surface area (Å²) in [5.41, 5.74) is 10.9. The van der Waals surface area contributed by atoms with Gasteiger partial charge in [-0.05, 0) is 30.7 Å². The average molecular weight is 284 g/mol. The maximum absolute atomic E-state index is 5.33. The number of nitrogens with one attached hydrogen (secondary N) is 3. The Labute approximate surface area is 122 Å². The van der Waals surface area contributed by atoms with Gasteiger partial charge >= 0.3 is 0 Å². The quantitative estimate of drug-likeness (QED) is 0.736. The summed E-state index contributed by atoms with van der Waals surface area (Å²) in [5.74, 6) is 1.64. The molecule has 0 unspecified atom stereocenters. The van der Waals surface area contributed by atoms with Crippen LogP contribution in [-0.4, -0.2) is 5.90 Å². The van der Waals surface area contributed by atoms with Crippen molar-refractivity contribution in [2.75, 3.05) is 5.43 Å². The Kier molecular flexibility index (Phi) is 3.77. The van der Waals surface area contributed by atoms with E-state index < -0.39 is 0 Å². The monoisotopic (exact) mass is 284 g/mol. The third-order valence-electron chi connectivity index (χ3n) is 2.96. The normalized spacial score (nSPS) is 15.8. The van der Waals surface area contributed by atoms with Gasteiger partial charge in [0.2, 0.25) is 0 Å². The van der Waals surface area contributed by atoms with Crippen LogP contribution in [0, 0.1) is 0 Å². The molecule has 1 aliphatic heterocycles. The lowest BCUT2D eigenvalue weighted by Crippen LogP contribution is -2.24. The molecule has 1 aliphatic rings. The molecule has 6 nitrogen and oxygen atoms in total. The number of hydrazine groups is 1. The molecule has 0 atom stereocenters. The van der Waals surface area contributed by atoms with Gasteiger partial charge in [-0.25, -0.2) is 0 Å². The number of hydrogen-bond donors (Lipinski definition) is 3. The van der Waals surface area contributed by atoms with Crippen molar-refractivity contribution in [3.05, 3.63) is 66.0 Å². The number of aliphatic imine (C=N–C) groups is 1. The standard InChI is InChI=1S/C15H16N4O2/c1-2-12(18-17-11-7-4-3-5-8-11)14-16-15(21-19-14)13-9-6-10-20-13/h3-10,17-19H,2H2,1H3/b14-12-. The first kappa shape index (κ1) is 13.1. The van der Waals surface area contributed by atoms with E-state index in [0.717, 1.165) is 17.8 Å². The zero-order chi connectivity index (χ0) is 14.5. The van der Waals surface area contributed by atoms with Crippen molar-refractivity contribution < 1.29 is 9.25 Å². The molecule has 3 N–H and O–H groups in total. The average Bonchev–Trinajstić information content (AvgIpc) is 3.20. The van der Waals surface area contributed by atoms with Gasteiger partial charge in [-0.15, -0.1) is 0 Å². The van der Waals surface area contributed by atoms with E-state index in [0.29, 0.717) is 17.5 Å². The lowest BCUT2D eigenvalue weighted by atomic mass is 10.3. The van der Waals surface area contributed by atoms with E-state index in [2.05, 4.69) is 21.3 Å². The Bertz CT molecular complexity index is 648. The first-order valence-electron chi connectivity index (χ1n) is 6.72. The molecule has 0 aliphatic carbocycles. The molecule has 3 rings (SSSR count). The second-order valence-corrected chi connectivity index (χ2v) is 4.40. The zero-order valence-corrected chi connectivity index (χ0v) is 11.6. The molecule has 6 heteroatoms. The van der Waals surface area contributed by atoms with Crippen molar-refractivity contribution in [2.45, 2.75) is 13.3 Å². The van der Waals surface area contributed by atoms with Crippen LogP contribution in [0.25, 0.3) is 0 Å². The molecule has 2 aromatic rings. The number of nitrogens with zero attached hydrogens (tertiary/aromatic N) is 1. The summed E-state index contributed by atoms with van der Waals surface area (Å²) < 4.78 is 5.25. The minimum absolute atomic E-state index is 0.419.